The average molecular weight is 450 g/mol. The number of rotatable bonds is 6. The van der Waals surface area contributed by atoms with Crippen molar-refractivity contribution >= 4 is 6.09 Å². The standard InChI is InChI=1S/C22H30N2O8/c1-21(26-3)22(2,27-4)32-19(15(10-23)31-21)16-11-24(20(25)30-16)18-13-28-12-17(29-18)14-8-6-5-7-9-14/h5-6,8,12-13,15-16,19H,7,9-11,23H2,1-4H3/t15-,16+,19+,21+,22+/m0/s1. The van der Waals surface area contributed by atoms with E-state index < -0.39 is 36.0 Å². The number of nitrogens with two attached hydrogens (primary N) is 1. The Kier molecular flexibility index (Phi) is 6.33. The molecule has 5 atom stereocenters. The third kappa shape index (κ3) is 3.93. The fourth-order valence-electron chi connectivity index (χ4n) is 4.09. The molecule has 4 rings (SSSR count). The molecular weight excluding hydrogens is 420 g/mol. The quantitative estimate of drug-likeness (QED) is 0.651. The van der Waals surface area contributed by atoms with Crippen LogP contribution in [0, 0.1) is 0 Å². The van der Waals surface area contributed by atoms with Gasteiger partial charge in [0.15, 0.2) is 18.1 Å². The van der Waals surface area contributed by atoms with E-state index >= 15 is 0 Å². The van der Waals surface area contributed by atoms with Crippen LogP contribution in [0.25, 0.3) is 0 Å². The number of amides is 1. The first-order chi connectivity index (χ1) is 15.3. The van der Waals surface area contributed by atoms with Crippen molar-refractivity contribution in [1.82, 2.24) is 4.90 Å². The Labute approximate surface area is 187 Å². The molecule has 2 saturated heterocycles. The topological polar surface area (TPSA) is 111 Å². The van der Waals surface area contributed by atoms with Crippen molar-refractivity contribution in [2.75, 3.05) is 27.3 Å². The third-order valence-electron chi connectivity index (χ3n) is 6.30. The predicted octanol–water partition coefficient (Wildman–Crippen LogP) is 2.24. The second kappa shape index (κ2) is 8.87. The molecule has 0 aromatic rings. The van der Waals surface area contributed by atoms with Gasteiger partial charge in [0, 0.05) is 20.8 Å². The highest BCUT2D eigenvalue weighted by Gasteiger charge is 2.59. The Morgan fingerprint density at radius 3 is 2.59 bits per heavy atom. The lowest BCUT2D eigenvalue weighted by atomic mass is 10.00. The lowest BCUT2D eigenvalue weighted by molar-refractivity contribution is -0.451. The zero-order chi connectivity index (χ0) is 22.9. The second-order valence-corrected chi connectivity index (χ2v) is 8.14. The van der Waals surface area contributed by atoms with Gasteiger partial charge in [0.1, 0.15) is 18.5 Å². The number of ether oxygens (including phenoxy) is 7. The van der Waals surface area contributed by atoms with Gasteiger partial charge in [-0.25, -0.2) is 9.69 Å². The molecule has 4 aliphatic rings. The first-order valence-electron chi connectivity index (χ1n) is 10.6. The van der Waals surface area contributed by atoms with Gasteiger partial charge in [-0.3, -0.25) is 0 Å². The van der Waals surface area contributed by atoms with Crippen molar-refractivity contribution in [2.45, 2.75) is 56.6 Å². The number of methoxy groups -OCH3 is 2. The summed E-state index contributed by atoms with van der Waals surface area (Å²) >= 11 is 0. The first-order valence-corrected chi connectivity index (χ1v) is 10.6. The summed E-state index contributed by atoms with van der Waals surface area (Å²) in [6.07, 6.45) is 8.10. The Bertz CT molecular complexity index is 868. The smallest absolute Gasteiger partial charge is 0.417 e. The van der Waals surface area contributed by atoms with E-state index in [1.807, 2.05) is 12.2 Å². The molecule has 3 aliphatic heterocycles. The summed E-state index contributed by atoms with van der Waals surface area (Å²) in [6.45, 7) is 3.71. The van der Waals surface area contributed by atoms with Crippen LogP contribution in [-0.2, 0) is 33.2 Å². The van der Waals surface area contributed by atoms with Gasteiger partial charge in [-0.15, -0.1) is 0 Å². The molecule has 0 aromatic carbocycles. The number of allylic oxidation sites excluding steroid dienone is 4. The van der Waals surface area contributed by atoms with Crippen LogP contribution in [0.15, 0.2) is 48.0 Å². The number of carbonyl (C=O) groups is 1. The van der Waals surface area contributed by atoms with E-state index in [1.54, 1.807) is 13.8 Å². The first kappa shape index (κ1) is 22.8. The van der Waals surface area contributed by atoms with Crippen molar-refractivity contribution in [2.24, 2.45) is 5.73 Å². The normalized spacial score (nSPS) is 37.2. The molecule has 0 spiro atoms. The molecule has 0 radical (unpaired) electrons. The molecule has 10 heteroatoms. The van der Waals surface area contributed by atoms with Gasteiger partial charge in [-0.05, 0) is 32.3 Å². The summed E-state index contributed by atoms with van der Waals surface area (Å²) in [4.78, 5) is 14.1. The minimum atomic E-state index is -1.25. The lowest BCUT2D eigenvalue weighted by Gasteiger charge is -2.52. The van der Waals surface area contributed by atoms with E-state index in [4.69, 9.17) is 38.9 Å². The molecular formula is C22H30N2O8. The minimum absolute atomic E-state index is 0.133. The summed E-state index contributed by atoms with van der Waals surface area (Å²) in [6, 6.07) is 0. The molecule has 0 unspecified atom stereocenters. The highest BCUT2D eigenvalue weighted by atomic mass is 16.8. The van der Waals surface area contributed by atoms with Crippen LogP contribution in [0.2, 0.25) is 0 Å². The van der Waals surface area contributed by atoms with Crippen LogP contribution in [0.5, 0.6) is 0 Å². The summed E-state index contributed by atoms with van der Waals surface area (Å²) in [5.41, 5.74) is 6.94. The molecule has 2 N–H and O–H groups in total. The number of nitrogens with zero attached hydrogens (tertiary/aromatic N) is 1. The van der Waals surface area contributed by atoms with Crippen LogP contribution >= 0.6 is 0 Å². The maximum absolute atomic E-state index is 12.7. The molecule has 10 nitrogen and oxygen atoms in total. The van der Waals surface area contributed by atoms with Gasteiger partial charge >= 0.3 is 6.09 Å². The SMILES string of the molecule is CO[C@]1(C)O[C@@H]([C@H]2CN(C3=COC=C(C4=CC=CCC4)O3)C(=O)O2)[C@H](CN)O[C@@]1(C)OC. The van der Waals surface area contributed by atoms with Gasteiger partial charge in [0.2, 0.25) is 17.5 Å². The molecule has 0 aromatic heterocycles. The van der Waals surface area contributed by atoms with Crippen LogP contribution in [0.1, 0.15) is 26.7 Å². The highest BCUT2D eigenvalue weighted by molar-refractivity contribution is 5.72. The molecule has 3 heterocycles. The predicted molar refractivity (Wildman–Crippen MR) is 111 cm³/mol. The Hall–Kier alpha value is -2.37. The zero-order valence-electron chi connectivity index (χ0n) is 18.7. The van der Waals surface area contributed by atoms with Crippen LogP contribution in [-0.4, -0.2) is 68.2 Å². The molecule has 0 saturated carbocycles. The van der Waals surface area contributed by atoms with Crippen molar-refractivity contribution in [3.8, 4) is 0 Å². The van der Waals surface area contributed by atoms with E-state index in [1.165, 1.54) is 31.6 Å². The molecule has 0 bridgehead atoms. The van der Waals surface area contributed by atoms with Crippen LogP contribution in [0.3, 0.4) is 0 Å². The summed E-state index contributed by atoms with van der Waals surface area (Å²) in [5.74, 6) is -1.65. The summed E-state index contributed by atoms with van der Waals surface area (Å²) in [5, 5.41) is 0. The van der Waals surface area contributed by atoms with Crippen molar-refractivity contribution in [3.05, 3.63) is 48.0 Å². The van der Waals surface area contributed by atoms with E-state index in [0.29, 0.717) is 5.76 Å². The maximum Gasteiger partial charge on any atom is 0.417 e. The Morgan fingerprint density at radius 1 is 1.19 bits per heavy atom. The van der Waals surface area contributed by atoms with Gasteiger partial charge in [0.05, 0.1) is 6.54 Å². The molecule has 2 fully saturated rings. The van der Waals surface area contributed by atoms with E-state index in [9.17, 15) is 4.79 Å². The van der Waals surface area contributed by atoms with Gasteiger partial charge < -0.3 is 38.9 Å². The van der Waals surface area contributed by atoms with Gasteiger partial charge in [-0.2, -0.15) is 0 Å². The van der Waals surface area contributed by atoms with Crippen molar-refractivity contribution in [1.29, 1.82) is 0 Å². The minimum Gasteiger partial charge on any atom is -0.463 e. The largest absolute Gasteiger partial charge is 0.463 e. The summed E-state index contributed by atoms with van der Waals surface area (Å²) in [7, 11) is 3.00. The van der Waals surface area contributed by atoms with Crippen LogP contribution in [0.4, 0.5) is 4.79 Å². The molecule has 1 amide bonds. The van der Waals surface area contributed by atoms with Gasteiger partial charge in [0.25, 0.3) is 0 Å². The van der Waals surface area contributed by atoms with Crippen molar-refractivity contribution in [3.63, 3.8) is 0 Å². The number of cyclic esters (lactones) is 1. The monoisotopic (exact) mass is 450 g/mol. The maximum atomic E-state index is 12.7. The molecule has 176 valence electrons. The average Bonchev–Trinajstić information content (AvgIpc) is 3.22. The Morgan fingerprint density at radius 2 is 1.94 bits per heavy atom. The van der Waals surface area contributed by atoms with E-state index in [-0.39, 0.29) is 19.0 Å². The number of carbonyl (C=O) groups excluding carboxylic acids is 1. The van der Waals surface area contributed by atoms with E-state index in [2.05, 4.69) is 6.08 Å². The van der Waals surface area contributed by atoms with Crippen LogP contribution < -0.4 is 5.73 Å². The Balaban J connectivity index is 1.49. The number of hydrogen-bond acceptors (Lipinski definition) is 9. The zero-order valence-corrected chi connectivity index (χ0v) is 18.7. The van der Waals surface area contributed by atoms with Gasteiger partial charge in [-0.1, -0.05) is 18.2 Å². The van der Waals surface area contributed by atoms with E-state index in [0.717, 1.165) is 18.4 Å². The third-order valence-corrected chi connectivity index (χ3v) is 6.30. The number of hydrogen-bond donors (Lipinski definition) is 1. The molecule has 32 heavy (non-hydrogen) atoms. The second-order valence-electron chi connectivity index (χ2n) is 8.14. The highest BCUT2D eigenvalue weighted by Crippen LogP contribution is 2.41. The fourth-order valence-corrected chi connectivity index (χ4v) is 4.09. The van der Waals surface area contributed by atoms with Crippen molar-refractivity contribution < 1.29 is 38.0 Å². The fraction of sp³-hybridized carbons (Fsp3) is 0.591. The lowest BCUT2D eigenvalue weighted by Crippen LogP contribution is -2.68. The summed E-state index contributed by atoms with van der Waals surface area (Å²) < 4.78 is 40.5. The molecule has 1 aliphatic carbocycles.